The SMILES string of the molecule is COC(=O)c1cc2c3ccccc3n3cc4c(c(n1)c23)=Nc1ccc(C(C)C)cc1C4(C)C. The number of carbonyl (C=O) groups excluding carboxylic acids is 1. The molecule has 0 unspecified atom stereocenters. The van der Waals surface area contributed by atoms with Gasteiger partial charge in [-0.25, -0.2) is 14.8 Å². The third kappa shape index (κ3) is 2.62. The number of hydrogen-bond donors (Lipinski definition) is 0. The molecule has 0 spiro atoms. The largest absolute Gasteiger partial charge is 0.464 e. The molecule has 1 aliphatic rings. The molecule has 5 heteroatoms. The normalized spacial score (nSPS) is 14.5. The fourth-order valence-corrected chi connectivity index (χ4v) is 5.19. The third-order valence-electron chi connectivity index (χ3n) is 7.09. The lowest BCUT2D eigenvalue weighted by molar-refractivity contribution is 0.0594. The summed E-state index contributed by atoms with van der Waals surface area (Å²) in [5.74, 6) is -0.00596. The minimum atomic E-state index is -0.446. The van der Waals surface area contributed by atoms with Gasteiger partial charge in [0.2, 0.25) is 0 Å². The molecular formula is C28H25N3O2. The van der Waals surface area contributed by atoms with Crippen LogP contribution < -0.4 is 5.36 Å². The lowest BCUT2D eigenvalue weighted by Crippen LogP contribution is -2.32. The molecule has 164 valence electrons. The maximum Gasteiger partial charge on any atom is 0.356 e. The maximum atomic E-state index is 12.5. The number of benzene rings is 2. The Kier molecular flexibility index (Phi) is 4.01. The zero-order valence-electron chi connectivity index (χ0n) is 19.4. The van der Waals surface area contributed by atoms with Gasteiger partial charge in [0.25, 0.3) is 0 Å². The van der Waals surface area contributed by atoms with Crippen LogP contribution in [-0.2, 0) is 10.2 Å². The number of hydrogen-bond acceptors (Lipinski definition) is 4. The molecule has 33 heavy (non-hydrogen) atoms. The number of para-hydroxylation sites is 1. The zero-order valence-corrected chi connectivity index (χ0v) is 19.4. The van der Waals surface area contributed by atoms with Gasteiger partial charge in [-0.1, -0.05) is 58.0 Å². The van der Waals surface area contributed by atoms with Crippen molar-refractivity contribution in [2.24, 2.45) is 4.99 Å². The molecule has 5 aromatic rings. The number of nitrogens with zero attached hydrogens (tertiary/aromatic N) is 3. The summed E-state index contributed by atoms with van der Waals surface area (Å²) in [5.41, 5.74) is 7.38. The van der Waals surface area contributed by atoms with E-state index in [1.165, 1.54) is 18.2 Å². The van der Waals surface area contributed by atoms with Crippen LogP contribution in [0.3, 0.4) is 0 Å². The molecule has 0 bridgehead atoms. The first-order valence-corrected chi connectivity index (χ1v) is 11.3. The van der Waals surface area contributed by atoms with Crippen LogP contribution in [0.25, 0.3) is 27.3 Å². The van der Waals surface area contributed by atoms with Crippen LogP contribution in [-0.4, -0.2) is 22.5 Å². The second-order valence-electron chi connectivity index (χ2n) is 9.69. The van der Waals surface area contributed by atoms with Crippen molar-refractivity contribution < 1.29 is 9.53 Å². The van der Waals surface area contributed by atoms with Gasteiger partial charge >= 0.3 is 5.97 Å². The Morgan fingerprint density at radius 2 is 1.82 bits per heavy atom. The van der Waals surface area contributed by atoms with E-state index in [0.717, 1.165) is 43.9 Å². The number of esters is 1. The second-order valence-corrected chi connectivity index (χ2v) is 9.69. The van der Waals surface area contributed by atoms with Crippen molar-refractivity contribution in [1.29, 1.82) is 0 Å². The topological polar surface area (TPSA) is 56.0 Å². The van der Waals surface area contributed by atoms with Crippen LogP contribution in [0, 0.1) is 0 Å². The summed E-state index contributed by atoms with van der Waals surface area (Å²) in [6, 6.07) is 16.6. The number of ether oxygens (including phenoxy) is 1. The van der Waals surface area contributed by atoms with Gasteiger partial charge in [0.1, 0.15) is 11.2 Å². The van der Waals surface area contributed by atoms with Crippen LogP contribution in [0.2, 0.25) is 0 Å². The Bertz CT molecular complexity index is 1670. The molecule has 0 N–H and O–H groups in total. The summed E-state index contributed by atoms with van der Waals surface area (Å²) in [6.07, 6.45) is 2.21. The first-order chi connectivity index (χ1) is 15.8. The van der Waals surface area contributed by atoms with E-state index in [-0.39, 0.29) is 5.41 Å². The summed E-state index contributed by atoms with van der Waals surface area (Å²) in [4.78, 5) is 22.4. The molecule has 5 nitrogen and oxygen atoms in total. The summed E-state index contributed by atoms with van der Waals surface area (Å²) >= 11 is 0. The Morgan fingerprint density at radius 3 is 2.58 bits per heavy atom. The highest BCUT2D eigenvalue weighted by Crippen LogP contribution is 2.42. The van der Waals surface area contributed by atoms with E-state index in [1.807, 2.05) is 18.2 Å². The van der Waals surface area contributed by atoms with Gasteiger partial charge in [0.05, 0.1) is 29.2 Å². The maximum absolute atomic E-state index is 12.5. The standard InChI is InChI=1S/C28H25N3O2/c1-15(2)16-10-11-21-19(12-16)28(3,4)20-14-31-23-9-7-6-8-17(23)18-13-22(27(32)33-5)30-25(26(18)31)24(20)29-21/h6-15H,1-5H3. The van der Waals surface area contributed by atoms with Gasteiger partial charge in [0, 0.05) is 27.9 Å². The van der Waals surface area contributed by atoms with Crippen molar-refractivity contribution in [3.63, 3.8) is 0 Å². The molecule has 0 atom stereocenters. The lowest BCUT2D eigenvalue weighted by atomic mass is 9.75. The predicted molar refractivity (Wildman–Crippen MR) is 131 cm³/mol. The summed E-state index contributed by atoms with van der Waals surface area (Å²) in [5, 5.41) is 2.89. The highest BCUT2D eigenvalue weighted by Gasteiger charge is 2.33. The average molecular weight is 436 g/mol. The molecule has 0 radical (unpaired) electrons. The molecule has 0 saturated carbocycles. The predicted octanol–water partition coefficient (Wildman–Crippen LogP) is 5.86. The van der Waals surface area contributed by atoms with Crippen LogP contribution in [0.4, 0.5) is 5.69 Å². The van der Waals surface area contributed by atoms with Gasteiger partial charge in [-0.15, -0.1) is 0 Å². The van der Waals surface area contributed by atoms with Gasteiger partial charge in [-0.3, -0.25) is 0 Å². The molecular weight excluding hydrogens is 410 g/mol. The van der Waals surface area contributed by atoms with Gasteiger partial charge in [0.15, 0.2) is 0 Å². The molecule has 1 aliphatic heterocycles. The number of pyridine rings is 2. The number of carbonyl (C=O) groups is 1. The molecule has 0 amide bonds. The molecule has 0 fully saturated rings. The highest BCUT2D eigenvalue weighted by molar-refractivity contribution is 6.14. The molecule has 0 saturated heterocycles. The van der Waals surface area contributed by atoms with Crippen molar-refractivity contribution in [3.05, 3.63) is 82.5 Å². The molecule has 0 aliphatic carbocycles. The Balaban J connectivity index is 1.83. The van der Waals surface area contributed by atoms with Crippen molar-refractivity contribution in [2.45, 2.75) is 39.0 Å². The minimum Gasteiger partial charge on any atom is -0.464 e. The number of aromatic nitrogens is 2. The summed E-state index contributed by atoms with van der Waals surface area (Å²) in [6.45, 7) is 8.91. The van der Waals surface area contributed by atoms with Crippen LogP contribution in [0.1, 0.15) is 60.8 Å². The average Bonchev–Trinajstić information content (AvgIpc) is 3.13. The van der Waals surface area contributed by atoms with Crippen LogP contribution in [0.15, 0.2) is 59.7 Å². The van der Waals surface area contributed by atoms with Gasteiger partial charge in [-0.05, 0) is 35.2 Å². The minimum absolute atomic E-state index is 0.282. The highest BCUT2D eigenvalue weighted by atomic mass is 16.5. The Morgan fingerprint density at radius 1 is 1.03 bits per heavy atom. The van der Waals surface area contributed by atoms with Crippen LogP contribution in [0.5, 0.6) is 0 Å². The zero-order chi connectivity index (χ0) is 23.1. The van der Waals surface area contributed by atoms with Crippen LogP contribution >= 0.6 is 0 Å². The third-order valence-corrected chi connectivity index (χ3v) is 7.09. The molecule has 2 aromatic carbocycles. The van der Waals surface area contributed by atoms with Gasteiger partial charge in [-0.2, -0.15) is 0 Å². The van der Waals surface area contributed by atoms with E-state index in [0.29, 0.717) is 11.6 Å². The lowest BCUT2D eigenvalue weighted by Gasteiger charge is -2.32. The van der Waals surface area contributed by atoms with E-state index in [1.54, 1.807) is 0 Å². The molecule has 6 rings (SSSR count). The van der Waals surface area contributed by atoms with E-state index in [4.69, 9.17) is 14.7 Å². The van der Waals surface area contributed by atoms with E-state index in [2.05, 4.69) is 68.6 Å². The molecule has 3 aromatic heterocycles. The van der Waals surface area contributed by atoms with E-state index < -0.39 is 5.97 Å². The van der Waals surface area contributed by atoms with Crippen molar-refractivity contribution in [1.82, 2.24) is 9.38 Å². The quantitative estimate of drug-likeness (QED) is 0.326. The molecule has 4 heterocycles. The number of rotatable bonds is 2. The fraction of sp³-hybridized carbons (Fsp3) is 0.250. The summed E-state index contributed by atoms with van der Waals surface area (Å²) < 4.78 is 7.24. The van der Waals surface area contributed by atoms with Crippen molar-refractivity contribution >= 4 is 39.0 Å². The first kappa shape index (κ1) is 19.9. The summed E-state index contributed by atoms with van der Waals surface area (Å²) in [7, 11) is 1.39. The Labute approximate surface area is 191 Å². The second kappa shape index (κ2) is 6.64. The van der Waals surface area contributed by atoms with E-state index in [9.17, 15) is 4.79 Å². The van der Waals surface area contributed by atoms with Gasteiger partial charge < -0.3 is 9.14 Å². The first-order valence-electron chi connectivity index (χ1n) is 11.3. The fourth-order valence-electron chi connectivity index (χ4n) is 5.19. The van der Waals surface area contributed by atoms with E-state index >= 15 is 0 Å². The Hall–Kier alpha value is -3.73. The van der Waals surface area contributed by atoms with Crippen molar-refractivity contribution in [3.8, 4) is 0 Å². The number of methoxy groups -OCH3 is 1. The van der Waals surface area contributed by atoms with Crippen molar-refractivity contribution in [2.75, 3.05) is 7.11 Å². The monoisotopic (exact) mass is 435 g/mol. The smallest absolute Gasteiger partial charge is 0.356 e. The number of fused-ring (bicyclic) bond motifs is 6.